The van der Waals surface area contributed by atoms with Gasteiger partial charge in [0.25, 0.3) is 5.91 Å². The number of aromatic hydroxyl groups is 2. The number of likely N-dealkylation sites (tertiary alicyclic amines) is 1. The Morgan fingerprint density at radius 2 is 1.76 bits per heavy atom. The lowest BCUT2D eigenvalue weighted by Gasteiger charge is -2.28. The molecule has 1 amide bonds. The Bertz CT molecular complexity index is 832. The van der Waals surface area contributed by atoms with E-state index in [2.05, 4.69) is 19.2 Å². The van der Waals surface area contributed by atoms with Crippen molar-refractivity contribution >= 4 is 11.9 Å². The zero-order chi connectivity index (χ0) is 24.1. The number of carbonyl (C=O) groups excluding carboxylic acids is 2. The predicted molar refractivity (Wildman–Crippen MR) is 128 cm³/mol. The van der Waals surface area contributed by atoms with E-state index >= 15 is 0 Å². The predicted octanol–water partition coefficient (Wildman–Crippen LogP) is 4.32. The van der Waals surface area contributed by atoms with E-state index in [1.165, 1.54) is 6.07 Å². The van der Waals surface area contributed by atoms with Gasteiger partial charge in [0.15, 0.2) is 0 Å². The lowest BCUT2D eigenvalue weighted by molar-refractivity contribution is -0.151. The van der Waals surface area contributed by atoms with Gasteiger partial charge in [0.2, 0.25) is 0 Å². The van der Waals surface area contributed by atoms with Gasteiger partial charge in [-0.05, 0) is 68.4 Å². The summed E-state index contributed by atoms with van der Waals surface area (Å²) in [7, 11) is 0. The normalized spacial score (nSPS) is 20.1. The lowest BCUT2D eigenvalue weighted by atomic mass is 9.98. The average molecular weight is 461 g/mol. The molecule has 0 bridgehead atoms. The van der Waals surface area contributed by atoms with Gasteiger partial charge in [-0.15, -0.1) is 0 Å². The standard InChI is InChI=1S/C26H40N2O5/c1-16(2)12-22(26(32)33-19-9-5-6-10-19)27-15-18-8-7-11-28(18)25(31)21-13-20(17(3)4)23(29)14-24(21)30/h13-14,16-19,22,27,29-30H,5-12,15H2,1-4H3/t18-,22+/m0/s1. The van der Waals surface area contributed by atoms with Gasteiger partial charge in [-0.2, -0.15) is 0 Å². The van der Waals surface area contributed by atoms with E-state index in [0.717, 1.165) is 38.5 Å². The molecule has 184 valence electrons. The summed E-state index contributed by atoms with van der Waals surface area (Å²) in [4.78, 5) is 27.9. The molecule has 1 aromatic rings. The molecule has 0 aromatic heterocycles. The van der Waals surface area contributed by atoms with Crippen molar-refractivity contribution in [3.8, 4) is 11.5 Å². The highest BCUT2D eigenvalue weighted by Gasteiger charge is 2.33. The molecule has 0 spiro atoms. The third-order valence-corrected chi connectivity index (χ3v) is 6.81. The maximum atomic E-state index is 13.3. The number of hydrogen-bond donors (Lipinski definition) is 3. The van der Waals surface area contributed by atoms with E-state index in [0.29, 0.717) is 31.0 Å². The first-order valence-electron chi connectivity index (χ1n) is 12.5. The molecule has 1 saturated carbocycles. The number of carbonyl (C=O) groups is 2. The first kappa shape index (κ1) is 25.3. The van der Waals surface area contributed by atoms with Crippen LogP contribution in [-0.2, 0) is 9.53 Å². The molecular weight excluding hydrogens is 420 g/mol. The number of esters is 1. The maximum absolute atomic E-state index is 13.3. The third kappa shape index (κ3) is 6.40. The number of phenolic OH excluding ortho intramolecular Hbond substituents is 2. The molecule has 1 aliphatic heterocycles. The Morgan fingerprint density at radius 1 is 1.06 bits per heavy atom. The molecule has 33 heavy (non-hydrogen) atoms. The molecule has 1 aliphatic carbocycles. The van der Waals surface area contributed by atoms with Gasteiger partial charge in [-0.3, -0.25) is 9.59 Å². The molecule has 1 aromatic carbocycles. The van der Waals surface area contributed by atoms with Crippen LogP contribution in [0.25, 0.3) is 0 Å². The molecule has 7 heteroatoms. The summed E-state index contributed by atoms with van der Waals surface area (Å²) in [6.45, 7) is 9.14. The highest BCUT2D eigenvalue weighted by molar-refractivity contribution is 5.97. The van der Waals surface area contributed by atoms with E-state index < -0.39 is 6.04 Å². The van der Waals surface area contributed by atoms with E-state index in [4.69, 9.17) is 4.74 Å². The van der Waals surface area contributed by atoms with Crippen LogP contribution >= 0.6 is 0 Å². The quantitative estimate of drug-likeness (QED) is 0.475. The van der Waals surface area contributed by atoms with Gasteiger partial charge in [-0.1, -0.05) is 27.7 Å². The zero-order valence-electron chi connectivity index (χ0n) is 20.5. The van der Waals surface area contributed by atoms with E-state index in [-0.39, 0.29) is 47.0 Å². The van der Waals surface area contributed by atoms with Crippen LogP contribution in [-0.4, -0.2) is 58.3 Å². The van der Waals surface area contributed by atoms with Crippen molar-refractivity contribution in [1.29, 1.82) is 0 Å². The van der Waals surface area contributed by atoms with Gasteiger partial charge >= 0.3 is 5.97 Å². The number of benzene rings is 1. The minimum Gasteiger partial charge on any atom is -0.508 e. The fourth-order valence-corrected chi connectivity index (χ4v) is 4.96. The number of nitrogens with one attached hydrogen (secondary N) is 1. The second kappa shape index (κ2) is 11.2. The smallest absolute Gasteiger partial charge is 0.323 e. The second-order valence-electron chi connectivity index (χ2n) is 10.3. The van der Waals surface area contributed by atoms with E-state index in [1.54, 1.807) is 11.0 Å². The second-order valence-corrected chi connectivity index (χ2v) is 10.3. The topological polar surface area (TPSA) is 99.1 Å². The van der Waals surface area contributed by atoms with Crippen LogP contribution in [0.5, 0.6) is 11.5 Å². The highest BCUT2D eigenvalue weighted by Crippen LogP contribution is 2.34. The van der Waals surface area contributed by atoms with Crippen LogP contribution in [0.1, 0.15) is 94.5 Å². The van der Waals surface area contributed by atoms with Crippen molar-refractivity contribution in [3.63, 3.8) is 0 Å². The summed E-state index contributed by atoms with van der Waals surface area (Å²) >= 11 is 0. The Balaban J connectivity index is 1.68. The van der Waals surface area contributed by atoms with Gasteiger partial charge in [0.1, 0.15) is 23.6 Å². The Hall–Kier alpha value is -2.28. The van der Waals surface area contributed by atoms with Crippen molar-refractivity contribution in [3.05, 3.63) is 23.3 Å². The van der Waals surface area contributed by atoms with Crippen molar-refractivity contribution in [1.82, 2.24) is 10.2 Å². The Morgan fingerprint density at radius 3 is 2.39 bits per heavy atom. The highest BCUT2D eigenvalue weighted by atomic mass is 16.5. The molecule has 2 aliphatic rings. The third-order valence-electron chi connectivity index (χ3n) is 6.81. The summed E-state index contributed by atoms with van der Waals surface area (Å²) < 4.78 is 5.76. The van der Waals surface area contributed by atoms with Gasteiger partial charge < -0.3 is 25.2 Å². The minimum atomic E-state index is -0.391. The van der Waals surface area contributed by atoms with Crippen molar-refractivity contribution in [2.45, 2.75) is 96.7 Å². The van der Waals surface area contributed by atoms with E-state index in [9.17, 15) is 19.8 Å². The SMILES string of the molecule is CC(C)C[C@@H](NC[C@@H]1CCCN1C(=O)c1cc(C(C)C)c(O)cc1O)C(=O)OC1CCCC1. The number of amides is 1. The van der Waals surface area contributed by atoms with Crippen molar-refractivity contribution in [2.75, 3.05) is 13.1 Å². The van der Waals surface area contributed by atoms with Crippen LogP contribution in [0.15, 0.2) is 12.1 Å². The number of nitrogens with zero attached hydrogens (tertiary/aromatic N) is 1. The van der Waals surface area contributed by atoms with Gasteiger partial charge in [0, 0.05) is 25.2 Å². The monoisotopic (exact) mass is 460 g/mol. The molecule has 2 fully saturated rings. The molecule has 2 atom stereocenters. The summed E-state index contributed by atoms with van der Waals surface area (Å²) in [6, 6.07) is 2.39. The van der Waals surface area contributed by atoms with Crippen molar-refractivity contribution in [2.24, 2.45) is 5.92 Å². The van der Waals surface area contributed by atoms with Crippen LogP contribution in [0.3, 0.4) is 0 Å². The fourth-order valence-electron chi connectivity index (χ4n) is 4.96. The van der Waals surface area contributed by atoms with Crippen molar-refractivity contribution < 1.29 is 24.5 Å². The number of phenols is 2. The van der Waals surface area contributed by atoms with Crippen LogP contribution in [0.4, 0.5) is 0 Å². The summed E-state index contributed by atoms with van der Waals surface area (Å²) in [6.07, 6.45) is 6.54. The molecule has 7 nitrogen and oxygen atoms in total. The van der Waals surface area contributed by atoms with Crippen LogP contribution in [0.2, 0.25) is 0 Å². The minimum absolute atomic E-state index is 0.00371. The van der Waals surface area contributed by atoms with Gasteiger partial charge in [0.05, 0.1) is 5.56 Å². The maximum Gasteiger partial charge on any atom is 0.323 e. The summed E-state index contributed by atoms with van der Waals surface area (Å²) in [5, 5.41) is 23.9. The lowest BCUT2D eigenvalue weighted by Crippen LogP contribution is -2.48. The first-order chi connectivity index (χ1) is 15.7. The molecule has 3 rings (SSSR count). The molecular formula is C26H40N2O5. The average Bonchev–Trinajstić information content (AvgIpc) is 3.42. The molecule has 3 N–H and O–H groups in total. The summed E-state index contributed by atoms with van der Waals surface area (Å²) in [5.41, 5.74) is 0.847. The molecule has 0 unspecified atom stereocenters. The van der Waals surface area contributed by atoms with Crippen LogP contribution in [0, 0.1) is 5.92 Å². The number of ether oxygens (including phenoxy) is 1. The Labute approximate surface area is 197 Å². The van der Waals surface area contributed by atoms with E-state index in [1.807, 2.05) is 13.8 Å². The zero-order valence-corrected chi connectivity index (χ0v) is 20.5. The van der Waals surface area contributed by atoms with Gasteiger partial charge in [-0.25, -0.2) is 0 Å². The molecule has 1 heterocycles. The summed E-state index contributed by atoms with van der Waals surface area (Å²) in [5.74, 6) is -0.287. The number of hydrogen-bond acceptors (Lipinski definition) is 6. The number of rotatable bonds is 9. The Kier molecular flexibility index (Phi) is 8.63. The largest absolute Gasteiger partial charge is 0.508 e. The molecule has 1 saturated heterocycles. The molecule has 0 radical (unpaired) electrons. The fraction of sp³-hybridized carbons (Fsp3) is 0.692. The van der Waals surface area contributed by atoms with Crippen LogP contribution < -0.4 is 5.32 Å². The first-order valence-corrected chi connectivity index (χ1v) is 12.5.